The molecular formula is C36H69NO5. The molecule has 0 aliphatic carbocycles. The smallest absolute Gasteiger partial charge is 0.322 e. The molecule has 0 aromatic heterocycles. The average Bonchev–Trinajstić information content (AvgIpc) is 2.97. The molecule has 6 heteroatoms. The van der Waals surface area contributed by atoms with Crippen molar-refractivity contribution in [2.45, 2.75) is 206 Å². The molecule has 248 valence electrons. The van der Waals surface area contributed by atoms with Crippen molar-refractivity contribution in [3.8, 4) is 0 Å². The van der Waals surface area contributed by atoms with Crippen molar-refractivity contribution in [2.75, 3.05) is 6.54 Å². The van der Waals surface area contributed by atoms with Crippen molar-refractivity contribution in [1.82, 2.24) is 5.32 Å². The summed E-state index contributed by atoms with van der Waals surface area (Å²) in [5.74, 6) is -1.30. The largest absolute Gasteiger partial charge is 0.480 e. The summed E-state index contributed by atoms with van der Waals surface area (Å²) in [4.78, 5) is 34.7. The van der Waals surface area contributed by atoms with Crippen molar-refractivity contribution >= 4 is 17.8 Å². The second kappa shape index (κ2) is 32.3. The van der Waals surface area contributed by atoms with Gasteiger partial charge in [0.1, 0.15) is 12.6 Å². The van der Waals surface area contributed by atoms with Crippen molar-refractivity contribution in [3.63, 3.8) is 0 Å². The maximum absolute atomic E-state index is 12.5. The Bertz CT molecular complexity index is 624. The first-order valence-corrected chi connectivity index (χ1v) is 18.2. The second-order valence-electron chi connectivity index (χ2n) is 12.5. The lowest BCUT2D eigenvalue weighted by Crippen LogP contribution is -2.28. The molecule has 0 saturated heterocycles. The van der Waals surface area contributed by atoms with Gasteiger partial charge in [-0.1, -0.05) is 149 Å². The molecule has 42 heavy (non-hydrogen) atoms. The Labute approximate surface area is 259 Å². The van der Waals surface area contributed by atoms with Crippen LogP contribution in [-0.2, 0) is 19.1 Å². The molecule has 1 amide bonds. The number of ether oxygens (including phenoxy) is 1. The van der Waals surface area contributed by atoms with Crippen LogP contribution in [0.2, 0.25) is 0 Å². The van der Waals surface area contributed by atoms with Crippen LogP contribution in [0.15, 0.2) is 0 Å². The lowest BCUT2D eigenvalue weighted by atomic mass is 10.0. The molecule has 1 atom stereocenters. The number of carboxylic acids is 1. The zero-order valence-electron chi connectivity index (χ0n) is 27.9. The van der Waals surface area contributed by atoms with Gasteiger partial charge in [-0.25, -0.2) is 0 Å². The number of unbranched alkanes of at least 4 members (excludes halogenated alkanes) is 22. The summed E-state index contributed by atoms with van der Waals surface area (Å²) in [6, 6.07) is 0. The first-order valence-electron chi connectivity index (χ1n) is 18.2. The van der Waals surface area contributed by atoms with Gasteiger partial charge < -0.3 is 15.2 Å². The van der Waals surface area contributed by atoms with E-state index in [1.165, 1.54) is 122 Å². The van der Waals surface area contributed by atoms with Gasteiger partial charge in [0, 0.05) is 12.8 Å². The first-order chi connectivity index (χ1) is 20.5. The molecule has 0 saturated carbocycles. The highest BCUT2D eigenvalue weighted by Crippen LogP contribution is 2.18. The molecule has 0 radical (unpaired) electrons. The normalized spacial score (nSPS) is 11.9. The molecule has 1 unspecified atom stereocenters. The number of carbonyl (C=O) groups is 3. The number of amides is 1. The molecule has 2 N–H and O–H groups in total. The van der Waals surface area contributed by atoms with Crippen LogP contribution < -0.4 is 5.32 Å². The van der Waals surface area contributed by atoms with E-state index in [1.54, 1.807) is 0 Å². The fourth-order valence-corrected chi connectivity index (χ4v) is 5.57. The third-order valence-electron chi connectivity index (χ3n) is 8.28. The average molecular weight is 596 g/mol. The molecule has 0 bridgehead atoms. The molecule has 0 fully saturated rings. The van der Waals surface area contributed by atoms with Gasteiger partial charge in [-0.3, -0.25) is 14.4 Å². The highest BCUT2D eigenvalue weighted by molar-refractivity contribution is 5.80. The Hall–Kier alpha value is -1.59. The molecular weight excluding hydrogens is 526 g/mol. The van der Waals surface area contributed by atoms with Crippen molar-refractivity contribution in [2.24, 2.45) is 0 Å². The van der Waals surface area contributed by atoms with Crippen LogP contribution in [0.5, 0.6) is 0 Å². The van der Waals surface area contributed by atoms with Crippen LogP contribution in [0.3, 0.4) is 0 Å². The maximum atomic E-state index is 12.5. The van der Waals surface area contributed by atoms with E-state index >= 15 is 0 Å². The number of rotatable bonds is 33. The van der Waals surface area contributed by atoms with Crippen LogP contribution in [0, 0.1) is 0 Å². The van der Waals surface area contributed by atoms with E-state index in [4.69, 9.17) is 9.84 Å². The summed E-state index contributed by atoms with van der Waals surface area (Å²) in [5.41, 5.74) is 0. The Morgan fingerprint density at radius 3 is 1.31 bits per heavy atom. The summed E-state index contributed by atoms with van der Waals surface area (Å²) < 4.78 is 5.87. The summed E-state index contributed by atoms with van der Waals surface area (Å²) in [6.07, 6.45) is 33.9. The first kappa shape index (κ1) is 40.4. The van der Waals surface area contributed by atoms with Crippen LogP contribution >= 0.6 is 0 Å². The number of carbonyl (C=O) groups excluding carboxylic acids is 2. The summed E-state index contributed by atoms with van der Waals surface area (Å²) in [5, 5.41) is 11.0. The predicted octanol–water partition coefficient (Wildman–Crippen LogP) is 10.5. The zero-order valence-corrected chi connectivity index (χ0v) is 27.9. The number of nitrogens with one attached hydrogen (secondary N) is 1. The summed E-state index contributed by atoms with van der Waals surface area (Å²) in [6.45, 7) is 4.15. The van der Waals surface area contributed by atoms with Crippen molar-refractivity contribution in [3.05, 3.63) is 0 Å². The minimum atomic E-state index is -1.03. The fraction of sp³-hybridized carbons (Fsp3) is 0.917. The third kappa shape index (κ3) is 31.3. The summed E-state index contributed by atoms with van der Waals surface area (Å²) in [7, 11) is 0. The molecule has 0 aromatic rings. The standard InChI is InChI=1S/C36H69NO5/c1-3-5-7-9-10-11-12-13-14-15-16-17-18-19-20-21-22-27-31-36(41)42-33(28-24-8-6-4-2)29-25-23-26-30-34(38)37-32-35(39)40/h33H,3-32H2,1-2H3,(H,37,38)(H,39,40). The van der Waals surface area contributed by atoms with E-state index in [9.17, 15) is 14.4 Å². The van der Waals surface area contributed by atoms with E-state index < -0.39 is 5.97 Å². The lowest BCUT2D eigenvalue weighted by Gasteiger charge is -2.18. The van der Waals surface area contributed by atoms with E-state index in [0.29, 0.717) is 12.8 Å². The monoisotopic (exact) mass is 596 g/mol. The van der Waals surface area contributed by atoms with Gasteiger partial charge in [0.25, 0.3) is 0 Å². The number of esters is 1. The van der Waals surface area contributed by atoms with E-state index in [1.807, 2.05) is 0 Å². The third-order valence-corrected chi connectivity index (χ3v) is 8.28. The number of aliphatic carboxylic acids is 1. The van der Waals surface area contributed by atoms with Crippen LogP contribution in [0.1, 0.15) is 200 Å². The van der Waals surface area contributed by atoms with Gasteiger partial charge in [-0.2, -0.15) is 0 Å². The zero-order chi connectivity index (χ0) is 30.9. The Kier molecular flexibility index (Phi) is 31.1. The Balaban J connectivity index is 3.77. The number of hydrogen-bond acceptors (Lipinski definition) is 4. The SMILES string of the molecule is CCCCCCCCCCCCCCCCCCCCC(=O)OC(CCCCCC)CCCCCC(=O)NCC(=O)O. The second-order valence-corrected chi connectivity index (χ2v) is 12.5. The molecule has 0 aromatic carbocycles. The Morgan fingerprint density at radius 1 is 0.524 bits per heavy atom. The van der Waals surface area contributed by atoms with Gasteiger partial charge >= 0.3 is 11.9 Å². The van der Waals surface area contributed by atoms with Crippen LogP contribution in [0.25, 0.3) is 0 Å². The van der Waals surface area contributed by atoms with Crippen LogP contribution in [-0.4, -0.2) is 35.6 Å². The van der Waals surface area contributed by atoms with E-state index in [0.717, 1.165) is 51.4 Å². The summed E-state index contributed by atoms with van der Waals surface area (Å²) >= 11 is 0. The van der Waals surface area contributed by atoms with Gasteiger partial charge in [0.15, 0.2) is 0 Å². The molecule has 0 spiro atoms. The molecule has 6 nitrogen and oxygen atoms in total. The fourth-order valence-electron chi connectivity index (χ4n) is 5.57. The van der Waals surface area contributed by atoms with Gasteiger partial charge in [0.2, 0.25) is 5.91 Å². The van der Waals surface area contributed by atoms with E-state index in [-0.39, 0.29) is 24.5 Å². The molecule has 0 aliphatic rings. The van der Waals surface area contributed by atoms with Gasteiger partial charge in [0.05, 0.1) is 0 Å². The predicted molar refractivity (Wildman–Crippen MR) is 176 cm³/mol. The number of hydrogen-bond donors (Lipinski definition) is 2. The minimum absolute atomic E-state index is 0.0225. The lowest BCUT2D eigenvalue weighted by molar-refractivity contribution is -0.150. The minimum Gasteiger partial charge on any atom is -0.480 e. The highest BCUT2D eigenvalue weighted by atomic mass is 16.5. The van der Waals surface area contributed by atoms with Crippen LogP contribution in [0.4, 0.5) is 0 Å². The molecule has 0 heterocycles. The number of carboxylic acid groups (broad SMARTS) is 1. The Morgan fingerprint density at radius 2 is 0.881 bits per heavy atom. The van der Waals surface area contributed by atoms with Crippen molar-refractivity contribution < 1.29 is 24.2 Å². The topological polar surface area (TPSA) is 92.7 Å². The van der Waals surface area contributed by atoms with Gasteiger partial charge in [-0.15, -0.1) is 0 Å². The molecule has 0 aliphatic heterocycles. The van der Waals surface area contributed by atoms with Crippen molar-refractivity contribution in [1.29, 1.82) is 0 Å². The van der Waals surface area contributed by atoms with E-state index in [2.05, 4.69) is 19.2 Å². The molecule has 0 rings (SSSR count). The highest BCUT2D eigenvalue weighted by Gasteiger charge is 2.14. The quantitative estimate of drug-likeness (QED) is 0.0581. The maximum Gasteiger partial charge on any atom is 0.322 e. The van der Waals surface area contributed by atoms with Gasteiger partial charge in [-0.05, 0) is 38.5 Å².